The van der Waals surface area contributed by atoms with Gasteiger partial charge in [0.2, 0.25) is 0 Å². The van der Waals surface area contributed by atoms with Gasteiger partial charge in [-0.1, -0.05) is 0 Å². The quantitative estimate of drug-likeness (QED) is 0.793. The second kappa shape index (κ2) is 5.50. The van der Waals surface area contributed by atoms with Gasteiger partial charge >= 0.3 is 6.61 Å². The summed E-state index contributed by atoms with van der Waals surface area (Å²) in [6.45, 7) is -0.739. The van der Waals surface area contributed by atoms with Gasteiger partial charge in [0.05, 0.1) is 6.10 Å². The fraction of sp³-hybridized carbons (Fsp3) is 0.400. The first-order valence-electron chi connectivity index (χ1n) is 4.54. The summed E-state index contributed by atoms with van der Waals surface area (Å²) in [6.07, 6.45) is -0.456. The molecule has 0 bridgehead atoms. The Morgan fingerprint density at radius 2 is 1.93 bits per heavy atom. The lowest BCUT2D eigenvalue weighted by atomic mass is 10.3. The lowest BCUT2D eigenvalue weighted by molar-refractivity contribution is -0.0498. The molecule has 0 saturated carbocycles. The van der Waals surface area contributed by atoms with Crippen molar-refractivity contribution in [3.8, 4) is 5.75 Å². The van der Waals surface area contributed by atoms with Crippen molar-refractivity contribution < 1.29 is 18.6 Å². The number of ether oxygens (including phenoxy) is 1. The Balaban J connectivity index is 2.49. The number of alkyl halides is 2. The highest BCUT2D eigenvalue weighted by molar-refractivity contribution is 5.46. The molecule has 0 aliphatic rings. The average molecular weight is 217 g/mol. The monoisotopic (exact) mass is 217 g/mol. The Bertz CT molecular complexity index is 288. The number of hydrogen-bond donors (Lipinski definition) is 2. The third-order valence-electron chi connectivity index (χ3n) is 1.68. The van der Waals surface area contributed by atoms with E-state index in [4.69, 9.17) is 5.11 Å². The molecule has 1 atom stereocenters. The maximum absolute atomic E-state index is 11.8. The smallest absolute Gasteiger partial charge is 0.387 e. The van der Waals surface area contributed by atoms with Gasteiger partial charge in [-0.2, -0.15) is 8.78 Å². The molecular formula is C10H13F2NO2. The Labute approximate surface area is 86.7 Å². The molecule has 5 heteroatoms. The Morgan fingerprint density at radius 1 is 1.33 bits per heavy atom. The summed E-state index contributed by atoms with van der Waals surface area (Å²) in [5.41, 5.74) is 0.748. The number of anilines is 1. The minimum absolute atomic E-state index is 0.118. The van der Waals surface area contributed by atoms with E-state index in [9.17, 15) is 8.78 Å². The molecule has 1 unspecified atom stereocenters. The molecule has 0 amide bonds. The lowest BCUT2D eigenvalue weighted by Crippen LogP contribution is -2.15. The highest BCUT2D eigenvalue weighted by Gasteiger charge is 2.03. The standard InChI is InChI=1S/C10H13F2NO2/c1-7(14)6-13-8-2-4-9(5-3-8)15-10(11)12/h2-5,7,10,13-14H,6H2,1H3. The largest absolute Gasteiger partial charge is 0.435 e. The SMILES string of the molecule is CC(O)CNc1ccc(OC(F)F)cc1. The van der Waals surface area contributed by atoms with Gasteiger partial charge in [0.15, 0.2) is 0 Å². The average Bonchev–Trinajstić information content (AvgIpc) is 2.16. The molecule has 0 saturated heterocycles. The molecule has 1 rings (SSSR count). The van der Waals surface area contributed by atoms with Crippen LogP contribution in [0.25, 0.3) is 0 Å². The summed E-state index contributed by atoms with van der Waals surface area (Å²) in [6, 6.07) is 6.10. The van der Waals surface area contributed by atoms with Crippen LogP contribution in [0.15, 0.2) is 24.3 Å². The summed E-state index contributed by atoms with van der Waals surface area (Å²) in [7, 11) is 0. The zero-order valence-electron chi connectivity index (χ0n) is 8.28. The molecule has 0 heterocycles. The maximum Gasteiger partial charge on any atom is 0.387 e. The highest BCUT2D eigenvalue weighted by atomic mass is 19.3. The maximum atomic E-state index is 11.8. The number of halogens is 2. The van der Waals surface area contributed by atoms with E-state index in [1.54, 1.807) is 19.1 Å². The van der Waals surface area contributed by atoms with Crippen LogP contribution in [0.3, 0.4) is 0 Å². The van der Waals surface area contributed by atoms with E-state index in [1.165, 1.54) is 12.1 Å². The molecule has 0 fully saturated rings. The molecule has 3 nitrogen and oxygen atoms in total. The second-order valence-corrected chi connectivity index (χ2v) is 3.13. The molecule has 1 aromatic rings. The summed E-state index contributed by atoms with van der Waals surface area (Å²) < 4.78 is 27.8. The number of benzene rings is 1. The van der Waals surface area contributed by atoms with E-state index >= 15 is 0 Å². The summed E-state index contributed by atoms with van der Waals surface area (Å²) in [4.78, 5) is 0. The van der Waals surface area contributed by atoms with Crippen LogP contribution in [0.1, 0.15) is 6.92 Å². The van der Waals surface area contributed by atoms with Gasteiger partial charge in [-0.3, -0.25) is 0 Å². The van der Waals surface area contributed by atoms with Gasteiger partial charge in [0.1, 0.15) is 5.75 Å². The molecule has 0 aliphatic carbocycles. The zero-order chi connectivity index (χ0) is 11.3. The Kier molecular flexibility index (Phi) is 4.30. The van der Waals surface area contributed by atoms with Gasteiger partial charge in [-0.15, -0.1) is 0 Å². The van der Waals surface area contributed by atoms with E-state index in [-0.39, 0.29) is 5.75 Å². The zero-order valence-corrected chi connectivity index (χ0v) is 8.28. The first-order chi connectivity index (χ1) is 7.08. The van der Waals surface area contributed by atoms with Gasteiger partial charge < -0.3 is 15.2 Å². The molecule has 1 aromatic carbocycles. The van der Waals surface area contributed by atoms with Crippen LogP contribution in [0.4, 0.5) is 14.5 Å². The van der Waals surface area contributed by atoms with Gasteiger partial charge in [-0.05, 0) is 31.2 Å². The van der Waals surface area contributed by atoms with Crippen LogP contribution < -0.4 is 10.1 Å². The minimum atomic E-state index is -2.80. The summed E-state index contributed by atoms with van der Waals surface area (Å²) in [5, 5.41) is 11.9. The van der Waals surface area contributed by atoms with Gasteiger partial charge in [-0.25, -0.2) is 0 Å². The van der Waals surface area contributed by atoms with Crippen molar-refractivity contribution in [2.75, 3.05) is 11.9 Å². The summed E-state index contributed by atoms with van der Waals surface area (Å²) in [5.74, 6) is 0.118. The van der Waals surface area contributed by atoms with Crippen LogP contribution >= 0.6 is 0 Å². The highest BCUT2D eigenvalue weighted by Crippen LogP contribution is 2.17. The molecular weight excluding hydrogens is 204 g/mol. The molecule has 0 aromatic heterocycles. The van der Waals surface area contributed by atoms with Gasteiger partial charge in [0, 0.05) is 12.2 Å². The first kappa shape index (κ1) is 11.7. The minimum Gasteiger partial charge on any atom is -0.435 e. The van der Waals surface area contributed by atoms with Crippen molar-refractivity contribution in [1.82, 2.24) is 0 Å². The van der Waals surface area contributed by atoms with Crippen molar-refractivity contribution >= 4 is 5.69 Å². The summed E-state index contributed by atoms with van der Waals surface area (Å²) >= 11 is 0. The van der Waals surface area contributed by atoms with Crippen LogP contribution in [-0.4, -0.2) is 24.4 Å². The van der Waals surface area contributed by atoms with Crippen LogP contribution in [0.2, 0.25) is 0 Å². The Hall–Kier alpha value is -1.36. The van der Waals surface area contributed by atoms with Crippen molar-refractivity contribution in [3.05, 3.63) is 24.3 Å². The first-order valence-corrected chi connectivity index (χ1v) is 4.54. The molecule has 0 aliphatic heterocycles. The van der Waals surface area contributed by atoms with E-state index in [1.807, 2.05) is 0 Å². The predicted molar refractivity (Wildman–Crippen MR) is 53.2 cm³/mol. The molecule has 2 N–H and O–H groups in total. The number of nitrogens with one attached hydrogen (secondary N) is 1. The molecule has 0 radical (unpaired) electrons. The molecule has 84 valence electrons. The normalized spacial score (nSPS) is 12.6. The van der Waals surface area contributed by atoms with E-state index in [0.717, 1.165) is 5.69 Å². The van der Waals surface area contributed by atoms with Crippen LogP contribution in [-0.2, 0) is 0 Å². The fourth-order valence-corrected chi connectivity index (χ4v) is 1.02. The number of aliphatic hydroxyl groups is 1. The van der Waals surface area contributed by atoms with Gasteiger partial charge in [0.25, 0.3) is 0 Å². The topological polar surface area (TPSA) is 41.5 Å². The van der Waals surface area contributed by atoms with E-state index in [2.05, 4.69) is 10.1 Å². The number of hydrogen-bond acceptors (Lipinski definition) is 3. The van der Waals surface area contributed by atoms with Crippen molar-refractivity contribution in [2.24, 2.45) is 0 Å². The van der Waals surface area contributed by atoms with Crippen molar-refractivity contribution in [1.29, 1.82) is 0 Å². The third kappa shape index (κ3) is 4.60. The molecule has 0 spiro atoms. The number of rotatable bonds is 5. The van der Waals surface area contributed by atoms with E-state index in [0.29, 0.717) is 6.54 Å². The Morgan fingerprint density at radius 3 is 2.40 bits per heavy atom. The van der Waals surface area contributed by atoms with Crippen molar-refractivity contribution in [3.63, 3.8) is 0 Å². The second-order valence-electron chi connectivity index (χ2n) is 3.13. The lowest BCUT2D eigenvalue weighted by Gasteiger charge is -2.09. The van der Waals surface area contributed by atoms with Crippen molar-refractivity contribution in [2.45, 2.75) is 19.6 Å². The third-order valence-corrected chi connectivity index (χ3v) is 1.68. The fourth-order valence-electron chi connectivity index (χ4n) is 1.02. The van der Waals surface area contributed by atoms with E-state index < -0.39 is 12.7 Å². The predicted octanol–water partition coefficient (Wildman–Crippen LogP) is 2.08. The number of aliphatic hydroxyl groups excluding tert-OH is 1. The van der Waals surface area contributed by atoms with Crippen LogP contribution in [0, 0.1) is 0 Å². The molecule has 15 heavy (non-hydrogen) atoms. The van der Waals surface area contributed by atoms with Crippen LogP contribution in [0.5, 0.6) is 5.75 Å².